The first-order valence-corrected chi connectivity index (χ1v) is 6.99. The van der Waals surface area contributed by atoms with Gasteiger partial charge in [0.25, 0.3) is 0 Å². The maximum atomic E-state index is 6.30. The van der Waals surface area contributed by atoms with Gasteiger partial charge in [-0.3, -0.25) is 9.38 Å². The molecule has 0 aliphatic carbocycles. The monoisotopic (exact) mass is 302 g/mol. The van der Waals surface area contributed by atoms with Gasteiger partial charge in [-0.25, -0.2) is 4.98 Å². The predicted octanol–water partition coefficient (Wildman–Crippen LogP) is 3.11. The summed E-state index contributed by atoms with van der Waals surface area (Å²) in [5.74, 6) is 0.887. The number of rotatable bonds is 5. The number of hydrogen-bond acceptors (Lipinski definition) is 4. The van der Waals surface area contributed by atoms with Gasteiger partial charge in [0.05, 0.1) is 17.8 Å². The molecular formula is C15H15ClN4O. The minimum Gasteiger partial charge on any atom is -0.383 e. The molecule has 3 rings (SSSR count). The lowest BCUT2D eigenvalue weighted by atomic mass is 10.1. The number of halogens is 1. The van der Waals surface area contributed by atoms with Crippen LogP contribution >= 0.6 is 11.6 Å². The second kappa shape index (κ2) is 6.11. The lowest BCUT2D eigenvalue weighted by Crippen LogP contribution is -2.10. The fourth-order valence-electron chi connectivity index (χ4n) is 2.19. The van der Waals surface area contributed by atoms with Crippen molar-refractivity contribution in [1.82, 2.24) is 14.4 Å². The highest BCUT2D eigenvalue weighted by Crippen LogP contribution is 2.33. The van der Waals surface area contributed by atoms with E-state index in [1.807, 2.05) is 34.9 Å². The second-order valence-electron chi connectivity index (χ2n) is 4.51. The molecule has 0 amide bonds. The smallest absolute Gasteiger partial charge is 0.157 e. The molecule has 0 saturated heterocycles. The number of methoxy groups -OCH3 is 1. The molecule has 5 nitrogen and oxygen atoms in total. The van der Waals surface area contributed by atoms with Crippen LogP contribution in [0.1, 0.15) is 0 Å². The lowest BCUT2D eigenvalue weighted by molar-refractivity contribution is 0.210. The number of fused-ring (bicyclic) bond motifs is 1. The fourth-order valence-corrected chi connectivity index (χ4v) is 2.41. The zero-order valence-electron chi connectivity index (χ0n) is 11.6. The summed E-state index contributed by atoms with van der Waals surface area (Å²) < 4.78 is 7.05. The van der Waals surface area contributed by atoms with E-state index in [1.54, 1.807) is 19.5 Å². The molecular weight excluding hydrogens is 288 g/mol. The van der Waals surface area contributed by atoms with Gasteiger partial charge in [0.15, 0.2) is 5.65 Å². The Bertz CT molecular complexity index is 756. The molecule has 0 radical (unpaired) electrons. The molecule has 3 aromatic rings. The van der Waals surface area contributed by atoms with Crippen LogP contribution in [0.4, 0.5) is 5.82 Å². The first kappa shape index (κ1) is 13.9. The van der Waals surface area contributed by atoms with E-state index in [0.29, 0.717) is 18.2 Å². The van der Waals surface area contributed by atoms with Crippen molar-refractivity contribution in [1.29, 1.82) is 0 Å². The van der Waals surface area contributed by atoms with E-state index in [1.165, 1.54) is 0 Å². The minimum atomic E-state index is 0.611. The molecule has 1 aromatic carbocycles. The van der Waals surface area contributed by atoms with E-state index in [0.717, 1.165) is 22.7 Å². The highest BCUT2D eigenvalue weighted by Gasteiger charge is 2.15. The standard InChI is InChI=1S/C15H15ClN4O/c1-21-9-7-18-15-14(11-4-2-3-5-12(11)16)19-13-10-17-6-8-20(13)15/h2-6,8,10,18H,7,9H2,1H3. The summed E-state index contributed by atoms with van der Waals surface area (Å²) >= 11 is 6.30. The molecule has 0 aliphatic heterocycles. The molecule has 108 valence electrons. The van der Waals surface area contributed by atoms with Crippen LogP contribution in [0.5, 0.6) is 0 Å². The quantitative estimate of drug-likeness (QED) is 0.736. The second-order valence-corrected chi connectivity index (χ2v) is 4.92. The third-order valence-corrected chi connectivity index (χ3v) is 3.49. The van der Waals surface area contributed by atoms with Gasteiger partial charge in [0.1, 0.15) is 11.5 Å². The molecule has 0 saturated carbocycles. The van der Waals surface area contributed by atoms with Gasteiger partial charge in [-0.15, -0.1) is 0 Å². The van der Waals surface area contributed by atoms with Gasteiger partial charge >= 0.3 is 0 Å². The van der Waals surface area contributed by atoms with Gasteiger partial charge in [-0.05, 0) is 6.07 Å². The summed E-state index contributed by atoms with van der Waals surface area (Å²) in [5, 5.41) is 4.02. The molecule has 21 heavy (non-hydrogen) atoms. The molecule has 0 fully saturated rings. The summed E-state index contributed by atoms with van der Waals surface area (Å²) in [6, 6.07) is 7.67. The third-order valence-electron chi connectivity index (χ3n) is 3.16. The molecule has 0 bridgehead atoms. The van der Waals surface area contributed by atoms with Gasteiger partial charge < -0.3 is 10.1 Å². The van der Waals surface area contributed by atoms with Crippen LogP contribution in [0.2, 0.25) is 5.02 Å². The Hall–Kier alpha value is -2.11. The van der Waals surface area contributed by atoms with Crippen LogP contribution in [0.15, 0.2) is 42.9 Å². The van der Waals surface area contributed by atoms with Crippen molar-refractivity contribution in [3.05, 3.63) is 47.9 Å². The lowest BCUT2D eigenvalue weighted by Gasteiger charge is -2.09. The van der Waals surface area contributed by atoms with Crippen LogP contribution in [-0.4, -0.2) is 34.6 Å². The average Bonchev–Trinajstić information content (AvgIpc) is 2.87. The number of benzene rings is 1. The summed E-state index contributed by atoms with van der Waals surface area (Å²) in [5.41, 5.74) is 2.47. The van der Waals surface area contributed by atoms with Gasteiger partial charge in [0.2, 0.25) is 0 Å². The number of aromatic nitrogens is 3. The zero-order chi connectivity index (χ0) is 14.7. The summed E-state index contributed by atoms with van der Waals surface area (Å²) in [7, 11) is 1.68. The number of imidazole rings is 1. The third kappa shape index (κ3) is 2.70. The maximum Gasteiger partial charge on any atom is 0.157 e. The molecule has 0 unspecified atom stereocenters. The Kier molecular flexibility index (Phi) is 4.03. The van der Waals surface area contributed by atoms with Crippen molar-refractivity contribution in [3.8, 4) is 11.3 Å². The number of nitrogens with zero attached hydrogens (tertiary/aromatic N) is 3. The zero-order valence-corrected chi connectivity index (χ0v) is 12.3. The van der Waals surface area contributed by atoms with Crippen LogP contribution in [0.3, 0.4) is 0 Å². The molecule has 0 spiro atoms. The van der Waals surface area contributed by atoms with Crippen LogP contribution < -0.4 is 5.32 Å². The van der Waals surface area contributed by atoms with E-state index in [2.05, 4.69) is 15.3 Å². The van der Waals surface area contributed by atoms with Crippen molar-refractivity contribution >= 4 is 23.1 Å². The Balaban J connectivity index is 2.12. The first-order chi connectivity index (χ1) is 10.3. The molecule has 1 N–H and O–H groups in total. The van der Waals surface area contributed by atoms with Crippen LogP contribution in [0, 0.1) is 0 Å². The van der Waals surface area contributed by atoms with Gasteiger partial charge in [0, 0.05) is 31.6 Å². The predicted molar refractivity (Wildman–Crippen MR) is 83.8 cm³/mol. The number of nitrogens with one attached hydrogen (secondary N) is 1. The van der Waals surface area contributed by atoms with Gasteiger partial charge in [-0.2, -0.15) is 0 Å². The van der Waals surface area contributed by atoms with E-state index in [4.69, 9.17) is 16.3 Å². The van der Waals surface area contributed by atoms with Crippen molar-refractivity contribution in [2.24, 2.45) is 0 Å². The summed E-state index contributed by atoms with van der Waals surface area (Å²) in [6.07, 6.45) is 5.33. The first-order valence-electron chi connectivity index (χ1n) is 6.61. The Morgan fingerprint density at radius 1 is 1.33 bits per heavy atom. The largest absolute Gasteiger partial charge is 0.383 e. The number of anilines is 1. The Labute approximate surface area is 127 Å². The average molecular weight is 303 g/mol. The van der Waals surface area contributed by atoms with E-state index >= 15 is 0 Å². The SMILES string of the molecule is COCCNc1c(-c2ccccc2Cl)nc2cnccn12. The van der Waals surface area contributed by atoms with E-state index < -0.39 is 0 Å². The highest BCUT2D eigenvalue weighted by atomic mass is 35.5. The molecule has 0 aliphatic rings. The number of ether oxygens (including phenoxy) is 1. The molecule has 2 aromatic heterocycles. The fraction of sp³-hybridized carbons (Fsp3) is 0.200. The van der Waals surface area contributed by atoms with Crippen LogP contribution in [-0.2, 0) is 4.74 Å². The van der Waals surface area contributed by atoms with Crippen molar-refractivity contribution in [2.45, 2.75) is 0 Å². The van der Waals surface area contributed by atoms with Gasteiger partial charge in [-0.1, -0.05) is 29.8 Å². The summed E-state index contributed by atoms with van der Waals surface area (Å²) in [6.45, 7) is 1.30. The number of hydrogen-bond donors (Lipinski definition) is 1. The maximum absolute atomic E-state index is 6.30. The molecule has 0 atom stereocenters. The van der Waals surface area contributed by atoms with E-state index in [9.17, 15) is 0 Å². The van der Waals surface area contributed by atoms with Crippen molar-refractivity contribution < 1.29 is 4.74 Å². The Morgan fingerprint density at radius 3 is 3.00 bits per heavy atom. The highest BCUT2D eigenvalue weighted by molar-refractivity contribution is 6.33. The van der Waals surface area contributed by atoms with E-state index in [-0.39, 0.29) is 0 Å². The topological polar surface area (TPSA) is 51.5 Å². The molecule has 2 heterocycles. The minimum absolute atomic E-state index is 0.611. The normalized spacial score (nSPS) is 11.0. The Morgan fingerprint density at radius 2 is 2.19 bits per heavy atom. The summed E-state index contributed by atoms with van der Waals surface area (Å²) in [4.78, 5) is 8.75. The molecule has 6 heteroatoms. The van der Waals surface area contributed by atoms with Crippen molar-refractivity contribution in [2.75, 3.05) is 25.6 Å². The van der Waals surface area contributed by atoms with Crippen LogP contribution in [0.25, 0.3) is 16.9 Å². The van der Waals surface area contributed by atoms with Crippen molar-refractivity contribution in [3.63, 3.8) is 0 Å².